The van der Waals surface area contributed by atoms with Crippen molar-refractivity contribution >= 4 is 10.9 Å². The molecule has 0 fully saturated rings. The summed E-state index contributed by atoms with van der Waals surface area (Å²) < 4.78 is 16.8. The Labute approximate surface area is 191 Å². The Kier molecular flexibility index (Phi) is 5.21. The lowest BCUT2D eigenvalue weighted by Crippen LogP contribution is -2.37. The van der Waals surface area contributed by atoms with Gasteiger partial charge in [0.15, 0.2) is 0 Å². The third kappa shape index (κ3) is 3.15. The predicted octanol–water partition coefficient (Wildman–Crippen LogP) is 3.79. The normalized spacial score (nSPS) is 17.8. The van der Waals surface area contributed by atoms with Crippen molar-refractivity contribution < 1.29 is 9.47 Å². The highest BCUT2D eigenvalue weighted by Gasteiger charge is 2.36. The van der Waals surface area contributed by atoms with E-state index in [4.69, 9.17) is 9.47 Å². The third-order valence-electron chi connectivity index (χ3n) is 6.63. The molecular formula is C26H27N3O4. The van der Waals surface area contributed by atoms with Crippen molar-refractivity contribution in [3.63, 3.8) is 0 Å². The van der Waals surface area contributed by atoms with E-state index in [9.17, 15) is 9.59 Å². The SMILES string of the molecule is CC[C@@H]1CO[C@H](c2cccc(OC)c2)c2c3c(c(-c4ccccc4)n21)c(=O)n(C)c(=O)n3C. The molecule has 0 saturated carbocycles. The lowest BCUT2D eigenvalue weighted by atomic mass is 10.0. The van der Waals surface area contributed by atoms with Gasteiger partial charge >= 0.3 is 5.69 Å². The average molecular weight is 446 g/mol. The second kappa shape index (κ2) is 8.08. The molecule has 2 aromatic heterocycles. The lowest BCUT2D eigenvalue weighted by Gasteiger charge is -2.33. The van der Waals surface area contributed by atoms with Gasteiger partial charge in [-0.25, -0.2) is 4.79 Å². The first kappa shape index (κ1) is 21.3. The maximum Gasteiger partial charge on any atom is 0.331 e. The molecule has 1 aliphatic heterocycles. The maximum absolute atomic E-state index is 13.5. The Hall–Kier alpha value is -3.58. The van der Waals surface area contributed by atoms with Gasteiger partial charge in [0.25, 0.3) is 5.56 Å². The number of hydrogen-bond acceptors (Lipinski definition) is 4. The van der Waals surface area contributed by atoms with E-state index in [2.05, 4.69) is 11.5 Å². The van der Waals surface area contributed by atoms with Crippen molar-refractivity contribution in [1.29, 1.82) is 0 Å². The van der Waals surface area contributed by atoms with Crippen LogP contribution >= 0.6 is 0 Å². The molecule has 7 nitrogen and oxygen atoms in total. The molecular weight excluding hydrogens is 418 g/mol. The maximum atomic E-state index is 13.5. The van der Waals surface area contributed by atoms with Gasteiger partial charge in [-0.1, -0.05) is 49.4 Å². The minimum Gasteiger partial charge on any atom is -0.497 e. The molecule has 0 aliphatic carbocycles. The summed E-state index contributed by atoms with van der Waals surface area (Å²) in [6.07, 6.45) is 0.382. The molecule has 0 radical (unpaired) electrons. The summed E-state index contributed by atoms with van der Waals surface area (Å²) in [6, 6.07) is 17.7. The van der Waals surface area contributed by atoms with Crippen molar-refractivity contribution in [3.8, 4) is 17.0 Å². The van der Waals surface area contributed by atoms with Crippen molar-refractivity contribution in [3.05, 3.63) is 86.7 Å². The van der Waals surface area contributed by atoms with Crippen LogP contribution in [-0.2, 0) is 18.8 Å². The van der Waals surface area contributed by atoms with Crippen molar-refractivity contribution in [2.24, 2.45) is 14.1 Å². The molecule has 170 valence electrons. The highest BCUT2D eigenvalue weighted by molar-refractivity contribution is 5.96. The van der Waals surface area contributed by atoms with Gasteiger partial charge in [-0.3, -0.25) is 13.9 Å². The lowest BCUT2D eigenvalue weighted by molar-refractivity contribution is 0.0237. The Morgan fingerprint density at radius 3 is 2.48 bits per heavy atom. The molecule has 0 saturated heterocycles. The summed E-state index contributed by atoms with van der Waals surface area (Å²) in [5.74, 6) is 0.726. The van der Waals surface area contributed by atoms with Crippen LogP contribution in [0.25, 0.3) is 22.2 Å². The van der Waals surface area contributed by atoms with Crippen LogP contribution in [0.5, 0.6) is 5.75 Å². The summed E-state index contributed by atoms with van der Waals surface area (Å²) in [5.41, 5.74) is 3.48. The highest BCUT2D eigenvalue weighted by Crippen LogP contribution is 2.44. The fourth-order valence-corrected chi connectivity index (χ4v) is 4.94. The molecule has 0 N–H and O–H groups in total. The number of benzene rings is 2. The monoisotopic (exact) mass is 445 g/mol. The van der Waals surface area contributed by atoms with Crippen molar-refractivity contribution in [2.45, 2.75) is 25.5 Å². The molecule has 0 spiro atoms. The number of aromatic nitrogens is 3. The number of ether oxygens (including phenoxy) is 2. The summed E-state index contributed by atoms with van der Waals surface area (Å²) in [4.78, 5) is 26.5. The van der Waals surface area contributed by atoms with Crippen LogP contribution in [-0.4, -0.2) is 27.4 Å². The number of hydrogen-bond donors (Lipinski definition) is 0. The van der Waals surface area contributed by atoms with E-state index in [1.165, 1.54) is 11.6 Å². The van der Waals surface area contributed by atoms with Crippen LogP contribution < -0.4 is 16.0 Å². The van der Waals surface area contributed by atoms with E-state index in [1.54, 1.807) is 18.7 Å². The third-order valence-corrected chi connectivity index (χ3v) is 6.63. The van der Waals surface area contributed by atoms with Gasteiger partial charge in [0, 0.05) is 14.1 Å². The Balaban J connectivity index is 1.97. The zero-order chi connectivity index (χ0) is 23.3. The molecule has 0 amide bonds. The van der Waals surface area contributed by atoms with Crippen LogP contribution in [0, 0.1) is 0 Å². The largest absolute Gasteiger partial charge is 0.497 e. The molecule has 0 bridgehead atoms. The van der Waals surface area contributed by atoms with Gasteiger partial charge in [0.2, 0.25) is 0 Å². The zero-order valence-corrected chi connectivity index (χ0v) is 19.2. The topological polar surface area (TPSA) is 67.4 Å². The quantitative estimate of drug-likeness (QED) is 0.479. The van der Waals surface area contributed by atoms with E-state index in [1.807, 2.05) is 54.6 Å². The predicted molar refractivity (Wildman–Crippen MR) is 128 cm³/mol. The molecule has 2 aromatic carbocycles. The Morgan fingerprint density at radius 2 is 1.79 bits per heavy atom. The number of fused-ring (bicyclic) bond motifs is 3. The fourth-order valence-electron chi connectivity index (χ4n) is 4.94. The second-order valence-corrected chi connectivity index (χ2v) is 8.45. The van der Waals surface area contributed by atoms with Crippen LogP contribution in [0.4, 0.5) is 0 Å². The molecule has 0 unspecified atom stereocenters. The number of aryl methyl sites for hydroxylation is 1. The molecule has 2 atom stereocenters. The van der Waals surface area contributed by atoms with Gasteiger partial charge < -0.3 is 14.0 Å². The zero-order valence-electron chi connectivity index (χ0n) is 19.2. The van der Waals surface area contributed by atoms with Crippen molar-refractivity contribution in [1.82, 2.24) is 13.7 Å². The van der Waals surface area contributed by atoms with E-state index < -0.39 is 6.10 Å². The van der Waals surface area contributed by atoms with Crippen LogP contribution in [0.1, 0.15) is 36.7 Å². The number of nitrogens with zero attached hydrogens (tertiary/aromatic N) is 3. The van der Waals surface area contributed by atoms with Crippen LogP contribution in [0.15, 0.2) is 64.2 Å². The van der Waals surface area contributed by atoms with Gasteiger partial charge in [-0.2, -0.15) is 0 Å². The summed E-state index contributed by atoms with van der Waals surface area (Å²) in [6.45, 7) is 2.61. The fraction of sp³-hybridized carbons (Fsp3) is 0.308. The van der Waals surface area contributed by atoms with Gasteiger partial charge in [-0.15, -0.1) is 0 Å². The molecule has 7 heteroatoms. The van der Waals surface area contributed by atoms with Gasteiger partial charge in [0.1, 0.15) is 11.9 Å². The summed E-state index contributed by atoms with van der Waals surface area (Å²) >= 11 is 0. The smallest absolute Gasteiger partial charge is 0.331 e. The number of methoxy groups -OCH3 is 1. The minimum absolute atomic E-state index is 0.0317. The first-order valence-corrected chi connectivity index (χ1v) is 11.1. The average Bonchev–Trinajstić information content (AvgIpc) is 3.22. The van der Waals surface area contributed by atoms with Crippen LogP contribution in [0.2, 0.25) is 0 Å². The molecule has 33 heavy (non-hydrogen) atoms. The first-order chi connectivity index (χ1) is 16.0. The summed E-state index contributed by atoms with van der Waals surface area (Å²) in [5, 5.41) is 0.539. The summed E-state index contributed by atoms with van der Waals surface area (Å²) in [7, 11) is 4.88. The van der Waals surface area contributed by atoms with Crippen LogP contribution in [0.3, 0.4) is 0 Å². The molecule has 3 heterocycles. The Morgan fingerprint density at radius 1 is 1.03 bits per heavy atom. The molecule has 5 rings (SSSR count). The minimum atomic E-state index is -0.444. The van der Waals surface area contributed by atoms with E-state index in [0.717, 1.165) is 34.7 Å². The van der Waals surface area contributed by atoms with Crippen molar-refractivity contribution in [2.75, 3.05) is 13.7 Å². The standard InChI is InChI=1S/C26H27N3O4/c1-5-18-15-33-24(17-12-9-13-19(14-17)32-4)23-22-20(25(30)28(3)26(31)27(22)2)21(29(18)23)16-10-7-6-8-11-16/h6-14,18,24H,5,15H2,1-4H3/t18-,24-/m1/s1. The van der Waals surface area contributed by atoms with E-state index >= 15 is 0 Å². The van der Waals surface area contributed by atoms with E-state index in [0.29, 0.717) is 17.5 Å². The molecule has 1 aliphatic rings. The van der Waals surface area contributed by atoms with Gasteiger partial charge in [-0.05, 0) is 29.7 Å². The van der Waals surface area contributed by atoms with Gasteiger partial charge in [0.05, 0.1) is 42.0 Å². The first-order valence-electron chi connectivity index (χ1n) is 11.1. The molecule has 4 aromatic rings. The highest BCUT2D eigenvalue weighted by atomic mass is 16.5. The van der Waals surface area contributed by atoms with E-state index in [-0.39, 0.29) is 17.3 Å². The second-order valence-electron chi connectivity index (χ2n) is 8.45. The Bertz CT molecular complexity index is 1460. The number of rotatable bonds is 4.